The van der Waals surface area contributed by atoms with Gasteiger partial charge in [-0.3, -0.25) is 4.79 Å². The summed E-state index contributed by atoms with van der Waals surface area (Å²) in [6, 6.07) is 15.0. The predicted molar refractivity (Wildman–Crippen MR) is 83.0 cm³/mol. The Hall–Kier alpha value is -1.51. The van der Waals surface area contributed by atoms with Gasteiger partial charge >= 0.3 is 0 Å². The summed E-state index contributed by atoms with van der Waals surface area (Å²) in [4.78, 5) is 12.9. The second kappa shape index (κ2) is 6.60. The van der Waals surface area contributed by atoms with Gasteiger partial charge in [0.25, 0.3) is 0 Å². The van der Waals surface area contributed by atoms with E-state index in [9.17, 15) is 4.79 Å². The van der Waals surface area contributed by atoms with Crippen LogP contribution in [-0.4, -0.2) is 12.0 Å². The first kappa shape index (κ1) is 13.9. The number of halogens is 1. The molecule has 0 spiro atoms. The lowest BCUT2D eigenvalue weighted by atomic mass is 10.1. The van der Waals surface area contributed by atoms with Crippen molar-refractivity contribution in [2.75, 3.05) is 6.26 Å². The largest absolute Gasteiger partial charge is 0.289 e. The predicted octanol–water partition coefficient (Wildman–Crippen LogP) is 4.96. The maximum Gasteiger partial charge on any atom is 0.185 e. The zero-order valence-corrected chi connectivity index (χ0v) is 12.0. The molecular formula is C16H13ClOS. The highest BCUT2D eigenvalue weighted by Gasteiger charge is 2.01. The number of allylic oxidation sites excluding steroid dienone is 1. The Morgan fingerprint density at radius 3 is 2.53 bits per heavy atom. The number of hydrogen-bond acceptors (Lipinski definition) is 2. The second-order valence-electron chi connectivity index (χ2n) is 3.96. The molecule has 2 rings (SSSR count). The van der Waals surface area contributed by atoms with E-state index in [4.69, 9.17) is 11.6 Å². The van der Waals surface area contributed by atoms with E-state index < -0.39 is 0 Å². The number of ketones is 1. The zero-order valence-electron chi connectivity index (χ0n) is 10.5. The first-order valence-electron chi connectivity index (χ1n) is 5.81. The van der Waals surface area contributed by atoms with E-state index >= 15 is 0 Å². The average molecular weight is 289 g/mol. The van der Waals surface area contributed by atoms with Crippen LogP contribution in [0.5, 0.6) is 0 Å². The molecule has 0 aliphatic carbocycles. The molecule has 0 atom stereocenters. The van der Waals surface area contributed by atoms with Gasteiger partial charge in [0.15, 0.2) is 5.78 Å². The van der Waals surface area contributed by atoms with Gasteiger partial charge in [-0.25, -0.2) is 0 Å². The van der Waals surface area contributed by atoms with Crippen LogP contribution in [0, 0.1) is 0 Å². The normalized spacial score (nSPS) is 10.8. The number of benzene rings is 2. The van der Waals surface area contributed by atoms with Crippen LogP contribution >= 0.6 is 23.4 Å². The molecule has 0 N–H and O–H groups in total. The van der Waals surface area contributed by atoms with Crippen LogP contribution in [0.3, 0.4) is 0 Å². The van der Waals surface area contributed by atoms with Crippen molar-refractivity contribution in [1.82, 2.24) is 0 Å². The number of hydrogen-bond donors (Lipinski definition) is 0. The second-order valence-corrected chi connectivity index (χ2v) is 5.21. The van der Waals surface area contributed by atoms with Gasteiger partial charge < -0.3 is 0 Å². The molecule has 0 fully saturated rings. The smallest absolute Gasteiger partial charge is 0.185 e. The summed E-state index contributed by atoms with van der Waals surface area (Å²) in [6.45, 7) is 0. The summed E-state index contributed by atoms with van der Waals surface area (Å²) in [7, 11) is 0. The molecular weight excluding hydrogens is 276 g/mol. The number of thioether (sulfide) groups is 1. The molecule has 0 saturated heterocycles. The van der Waals surface area contributed by atoms with E-state index in [-0.39, 0.29) is 5.78 Å². The lowest BCUT2D eigenvalue weighted by molar-refractivity contribution is 0.104. The van der Waals surface area contributed by atoms with Gasteiger partial charge in [-0.05, 0) is 30.0 Å². The molecule has 0 bridgehead atoms. The molecule has 0 amide bonds. The van der Waals surface area contributed by atoms with Crippen molar-refractivity contribution in [1.29, 1.82) is 0 Å². The molecule has 0 radical (unpaired) electrons. The average Bonchev–Trinajstić information content (AvgIpc) is 2.46. The molecule has 1 nitrogen and oxygen atoms in total. The molecule has 96 valence electrons. The third-order valence-corrected chi connectivity index (χ3v) is 3.88. The Labute approximate surface area is 122 Å². The third-order valence-electron chi connectivity index (χ3n) is 2.66. The molecule has 0 aliphatic heterocycles. The van der Waals surface area contributed by atoms with E-state index in [0.717, 1.165) is 10.5 Å². The maximum atomic E-state index is 11.9. The first-order valence-corrected chi connectivity index (χ1v) is 7.42. The van der Waals surface area contributed by atoms with E-state index in [1.165, 1.54) is 0 Å². The summed E-state index contributed by atoms with van der Waals surface area (Å²) in [5.41, 5.74) is 1.61. The van der Waals surface area contributed by atoms with Crippen molar-refractivity contribution in [2.45, 2.75) is 4.90 Å². The minimum absolute atomic E-state index is 0.00864. The van der Waals surface area contributed by atoms with Crippen LogP contribution in [-0.2, 0) is 0 Å². The fourth-order valence-corrected chi connectivity index (χ4v) is 2.54. The molecule has 0 heterocycles. The van der Waals surface area contributed by atoms with Crippen LogP contribution in [0.2, 0.25) is 5.02 Å². The van der Waals surface area contributed by atoms with Crippen molar-refractivity contribution in [3.05, 3.63) is 70.8 Å². The summed E-state index contributed by atoms with van der Waals surface area (Å²) >= 11 is 7.72. The fourth-order valence-electron chi connectivity index (χ4n) is 1.66. The van der Waals surface area contributed by atoms with Gasteiger partial charge in [-0.1, -0.05) is 54.1 Å². The Balaban J connectivity index is 2.15. The summed E-state index contributed by atoms with van der Waals surface area (Å²) < 4.78 is 0. The van der Waals surface area contributed by atoms with Crippen molar-refractivity contribution in [3.63, 3.8) is 0 Å². The third kappa shape index (κ3) is 3.72. The fraction of sp³-hybridized carbons (Fsp3) is 0.0625. The summed E-state index contributed by atoms with van der Waals surface area (Å²) in [5, 5.41) is 0.710. The van der Waals surface area contributed by atoms with Gasteiger partial charge in [-0.2, -0.15) is 0 Å². The van der Waals surface area contributed by atoms with E-state index in [1.807, 2.05) is 42.7 Å². The van der Waals surface area contributed by atoms with E-state index in [0.29, 0.717) is 10.6 Å². The van der Waals surface area contributed by atoms with Crippen molar-refractivity contribution < 1.29 is 4.79 Å². The van der Waals surface area contributed by atoms with Crippen LogP contribution in [0.1, 0.15) is 15.9 Å². The highest BCUT2D eigenvalue weighted by Crippen LogP contribution is 2.26. The lowest BCUT2D eigenvalue weighted by Gasteiger charge is -2.01. The van der Waals surface area contributed by atoms with E-state index in [1.54, 1.807) is 36.0 Å². The Morgan fingerprint density at radius 1 is 1.16 bits per heavy atom. The SMILES string of the molecule is CSc1ccc(C=CC(=O)c2ccccc2)cc1Cl. The van der Waals surface area contributed by atoms with Crippen LogP contribution in [0.15, 0.2) is 59.5 Å². The minimum Gasteiger partial charge on any atom is -0.289 e. The van der Waals surface area contributed by atoms with Crippen LogP contribution < -0.4 is 0 Å². The molecule has 2 aromatic carbocycles. The molecule has 3 heteroatoms. The number of rotatable bonds is 4. The maximum absolute atomic E-state index is 11.9. The first-order chi connectivity index (χ1) is 9.20. The quantitative estimate of drug-likeness (QED) is 0.449. The van der Waals surface area contributed by atoms with Crippen LogP contribution in [0.25, 0.3) is 6.08 Å². The Kier molecular flexibility index (Phi) is 4.83. The molecule has 0 unspecified atom stereocenters. The van der Waals surface area contributed by atoms with Crippen molar-refractivity contribution in [3.8, 4) is 0 Å². The highest BCUT2D eigenvalue weighted by atomic mass is 35.5. The topological polar surface area (TPSA) is 17.1 Å². The summed E-state index contributed by atoms with van der Waals surface area (Å²) in [5.74, 6) is -0.00864. The number of carbonyl (C=O) groups is 1. The van der Waals surface area contributed by atoms with Gasteiger partial charge in [-0.15, -0.1) is 11.8 Å². The minimum atomic E-state index is -0.00864. The number of carbonyl (C=O) groups excluding carboxylic acids is 1. The Morgan fingerprint density at radius 2 is 1.89 bits per heavy atom. The summed E-state index contributed by atoms with van der Waals surface area (Å²) in [6.07, 6.45) is 5.33. The van der Waals surface area contributed by atoms with Crippen LogP contribution in [0.4, 0.5) is 0 Å². The van der Waals surface area contributed by atoms with E-state index in [2.05, 4.69) is 0 Å². The molecule has 2 aromatic rings. The molecule has 0 aromatic heterocycles. The van der Waals surface area contributed by atoms with Crippen molar-refractivity contribution >= 4 is 35.2 Å². The van der Waals surface area contributed by atoms with Crippen molar-refractivity contribution in [2.24, 2.45) is 0 Å². The molecule has 0 saturated carbocycles. The molecule has 19 heavy (non-hydrogen) atoms. The lowest BCUT2D eigenvalue weighted by Crippen LogP contribution is -1.92. The Bertz CT molecular complexity index is 605. The van der Waals surface area contributed by atoms with Gasteiger partial charge in [0.2, 0.25) is 0 Å². The van der Waals surface area contributed by atoms with Gasteiger partial charge in [0.05, 0.1) is 5.02 Å². The zero-order chi connectivity index (χ0) is 13.7. The van der Waals surface area contributed by atoms with Gasteiger partial charge in [0.1, 0.15) is 0 Å². The standard InChI is InChI=1S/C16H13ClOS/c1-19-16-10-8-12(11-14(16)17)7-9-15(18)13-5-3-2-4-6-13/h2-11H,1H3. The molecule has 0 aliphatic rings. The highest BCUT2D eigenvalue weighted by molar-refractivity contribution is 7.98. The van der Waals surface area contributed by atoms with Gasteiger partial charge in [0, 0.05) is 10.5 Å². The monoisotopic (exact) mass is 288 g/mol.